The standard InChI is InChI=1S/C26H35N5O6S/c1-16(2)37-24(20-11-10-17(3)14-27-20)18(4)38(32,33)30-26-29-28-25(19-12-13-36-15-19)31(26)23-21(34-5)8-7-9-22(23)35-6/h7-11,14,16,18-19,24H,12-13,15H2,1-6H3,(H,29,30)/t18-,19?,24+/m0/s1. The van der Waals surface area contributed by atoms with Gasteiger partial charge in [-0.05, 0) is 57.9 Å². The van der Waals surface area contributed by atoms with Crippen molar-refractivity contribution in [3.63, 3.8) is 0 Å². The van der Waals surface area contributed by atoms with Crippen LogP contribution >= 0.6 is 0 Å². The third kappa shape index (κ3) is 5.77. The number of para-hydroxylation sites is 1. The molecule has 0 saturated carbocycles. The normalized spacial score (nSPS) is 17.4. The van der Waals surface area contributed by atoms with Gasteiger partial charge >= 0.3 is 0 Å². The molecular formula is C26H35N5O6S. The molecule has 0 radical (unpaired) electrons. The van der Waals surface area contributed by atoms with Gasteiger partial charge in [-0.3, -0.25) is 14.3 Å². The highest BCUT2D eigenvalue weighted by atomic mass is 32.2. The summed E-state index contributed by atoms with van der Waals surface area (Å²) < 4.78 is 54.8. The molecule has 1 aliphatic rings. The Hall–Kier alpha value is -3.22. The lowest BCUT2D eigenvalue weighted by molar-refractivity contribution is 0.00416. The molecule has 1 aliphatic heterocycles. The molecule has 0 bridgehead atoms. The van der Waals surface area contributed by atoms with Crippen LogP contribution in [0.25, 0.3) is 5.69 Å². The number of ether oxygens (including phenoxy) is 4. The molecule has 1 N–H and O–H groups in total. The van der Waals surface area contributed by atoms with Gasteiger partial charge in [0, 0.05) is 18.7 Å². The zero-order valence-corrected chi connectivity index (χ0v) is 23.4. The van der Waals surface area contributed by atoms with Gasteiger partial charge in [0.1, 0.15) is 34.4 Å². The van der Waals surface area contributed by atoms with Crippen molar-refractivity contribution < 1.29 is 27.4 Å². The lowest BCUT2D eigenvalue weighted by Gasteiger charge is -2.26. The van der Waals surface area contributed by atoms with Gasteiger partial charge in [0.2, 0.25) is 16.0 Å². The Morgan fingerprint density at radius 1 is 1.08 bits per heavy atom. The van der Waals surface area contributed by atoms with E-state index in [-0.39, 0.29) is 18.0 Å². The minimum Gasteiger partial charge on any atom is -0.494 e. The number of benzene rings is 1. The maximum absolute atomic E-state index is 13.8. The summed E-state index contributed by atoms with van der Waals surface area (Å²) in [5.74, 6) is 1.43. The largest absolute Gasteiger partial charge is 0.494 e. The molecule has 1 unspecified atom stereocenters. The molecule has 0 spiro atoms. The first-order chi connectivity index (χ1) is 18.2. The Morgan fingerprint density at radius 2 is 1.79 bits per heavy atom. The van der Waals surface area contributed by atoms with Crippen LogP contribution in [0.3, 0.4) is 0 Å². The number of anilines is 1. The van der Waals surface area contributed by atoms with E-state index in [1.54, 1.807) is 42.0 Å². The Labute approximate surface area is 223 Å². The van der Waals surface area contributed by atoms with E-state index < -0.39 is 21.4 Å². The highest BCUT2D eigenvalue weighted by Crippen LogP contribution is 2.38. The molecule has 0 amide bonds. The number of nitrogens with one attached hydrogen (secondary N) is 1. The predicted octanol–water partition coefficient (Wildman–Crippen LogP) is 3.79. The van der Waals surface area contributed by atoms with Crippen LogP contribution in [0.1, 0.15) is 56.3 Å². The van der Waals surface area contributed by atoms with Crippen molar-refractivity contribution in [2.45, 2.75) is 57.5 Å². The van der Waals surface area contributed by atoms with Crippen LogP contribution in [-0.4, -0.2) is 67.0 Å². The number of hydrogen-bond donors (Lipinski definition) is 1. The fourth-order valence-electron chi connectivity index (χ4n) is 4.38. The monoisotopic (exact) mass is 545 g/mol. The first kappa shape index (κ1) is 27.8. The number of rotatable bonds is 11. The average Bonchev–Trinajstić information content (AvgIpc) is 3.56. The number of pyridine rings is 1. The summed E-state index contributed by atoms with van der Waals surface area (Å²) in [6.45, 7) is 8.25. The summed E-state index contributed by atoms with van der Waals surface area (Å²) in [6, 6.07) is 8.99. The average molecular weight is 546 g/mol. The van der Waals surface area contributed by atoms with E-state index in [4.69, 9.17) is 18.9 Å². The highest BCUT2D eigenvalue weighted by molar-refractivity contribution is 7.93. The van der Waals surface area contributed by atoms with Gasteiger partial charge in [-0.1, -0.05) is 12.1 Å². The van der Waals surface area contributed by atoms with E-state index in [2.05, 4.69) is 19.9 Å². The van der Waals surface area contributed by atoms with E-state index in [1.807, 2.05) is 26.8 Å². The molecule has 1 aromatic carbocycles. The Balaban J connectivity index is 1.78. The number of nitrogens with zero attached hydrogens (tertiary/aromatic N) is 4. The SMILES string of the molecule is COc1cccc(OC)c1-n1c(NS(=O)(=O)[C@@H](C)[C@@H](OC(C)C)c2ccc(C)cn2)nnc1C1CCOC1. The first-order valence-electron chi connectivity index (χ1n) is 12.5. The third-order valence-corrected chi connectivity index (χ3v) is 8.10. The molecule has 12 heteroatoms. The van der Waals surface area contributed by atoms with Gasteiger partial charge in [0.15, 0.2) is 0 Å². The number of methoxy groups -OCH3 is 2. The van der Waals surface area contributed by atoms with Gasteiger partial charge in [0.25, 0.3) is 0 Å². The fourth-order valence-corrected chi connectivity index (χ4v) is 5.48. The predicted molar refractivity (Wildman–Crippen MR) is 143 cm³/mol. The molecule has 38 heavy (non-hydrogen) atoms. The Bertz CT molecular complexity index is 1310. The number of aryl methyl sites for hydroxylation is 1. The fraction of sp³-hybridized carbons (Fsp3) is 0.500. The lowest BCUT2D eigenvalue weighted by Crippen LogP contribution is -2.34. The van der Waals surface area contributed by atoms with Crippen molar-refractivity contribution in [3.8, 4) is 17.2 Å². The first-order valence-corrected chi connectivity index (χ1v) is 14.0. The van der Waals surface area contributed by atoms with Crippen LogP contribution in [0, 0.1) is 6.92 Å². The summed E-state index contributed by atoms with van der Waals surface area (Å²) in [5, 5.41) is 7.63. The molecule has 3 aromatic rings. The van der Waals surface area contributed by atoms with Gasteiger partial charge in [-0.2, -0.15) is 0 Å². The molecular weight excluding hydrogens is 510 g/mol. The number of aromatic nitrogens is 4. The van der Waals surface area contributed by atoms with Crippen molar-refractivity contribution in [2.24, 2.45) is 0 Å². The Kier molecular flexibility index (Phi) is 8.54. The maximum Gasteiger partial charge on any atom is 0.243 e. The lowest BCUT2D eigenvalue weighted by atomic mass is 10.1. The van der Waals surface area contributed by atoms with Crippen molar-refractivity contribution in [1.29, 1.82) is 0 Å². The minimum absolute atomic E-state index is 0.0155. The van der Waals surface area contributed by atoms with Crippen molar-refractivity contribution >= 4 is 16.0 Å². The summed E-state index contributed by atoms with van der Waals surface area (Å²) in [6.07, 6.45) is 1.38. The highest BCUT2D eigenvalue weighted by Gasteiger charge is 2.36. The van der Waals surface area contributed by atoms with Crippen molar-refractivity contribution in [2.75, 3.05) is 32.2 Å². The smallest absolute Gasteiger partial charge is 0.243 e. The van der Waals surface area contributed by atoms with E-state index in [1.165, 1.54) is 14.2 Å². The molecule has 11 nitrogen and oxygen atoms in total. The molecule has 206 valence electrons. The van der Waals surface area contributed by atoms with Crippen LogP contribution < -0.4 is 14.2 Å². The summed E-state index contributed by atoms with van der Waals surface area (Å²) >= 11 is 0. The van der Waals surface area contributed by atoms with Crippen molar-refractivity contribution in [3.05, 3.63) is 53.6 Å². The van der Waals surface area contributed by atoms with E-state index >= 15 is 0 Å². The molecule has 3 heterocycles. The zero-order valence-electron chi connectivity index (χ0n) is 22.5. The summed E-state index contributed by atoms with van der Waals surface area (Å²) in [4.78, 5) is 4.44. The second-order valence-corrected chi connectivity index (χ2v) is 11.5. The molecule has 1 fully saturated rings. The van der Waals surface area contributed by atoms with Gasteiger partial charge in [-0.15, -0.1) is 10.2 Å². The van der Waals surface area contributed by atoms with E-state index in [0.717, 1.165) is 12.0 Å². The maximum atomic E-state index is 13.8. The third-order valence-electron chi connectivity index (χ3n) is 6.40. The number of hydrogen-bond acceptors (Lipinski definition) is 9. The van der Waals surface area contributed by atoms with Crippen LogP contribution in [0.2, 0.25) is 0 Å². The van der Waals surface area contributed by atoms with Crippen LogP contribution in [0.4, 0.5) is 5.95 Å². The molecule has 4 rings (SSSR count). The second-order valence-electron chi connectivity index (χ2n) is 9.51. The van der Waals surface area contributed by atoms with Gasteiger partial charge < -0.3 is 18.9 Å². The van der Waals surface area contributed by atoms with Gasteiger partial charge in [-0.25, -0.2) is 8.42 Å². The molecule has 0 aliphatic carbocycles. The topological polar surface area (TPSA) is 127 Å². The van der Waals surface area contributed by atoms with E-state index in [9.17, 15) is 8.42 Å². The van der Waals surface area contributed by atoms with Crippen LogP contribution in [0.15, 0.2) is 36.5 Å². The molecule has 1 saturated heterocycles. The van der Waals surface area contributed by atoms with Crippen LogP contribution in [-0.2, 0) is 19.5 Å². The van der Waals surface area contributed by atoms with Gasteiger partial charge in [0.05, 0.1) is 32.6 Å². The molecule has 2 aromatic heterocycles. The zero-order chi connectivity index (χ0) is 27.4. The molecule has 3 atom stereocenters. The van der Waals surface area contributed by atoms with E-state index in [0.29, 0.717) is 41.9 Å². The Morgan fingerprint density at radius 3 is 2.34 bits per heavy atom. The minimum atomic E-state index is -4.05. The van der Waals surface area contributed by atoms with Crippen LogP contribution in [0.5, 0.6) is 11.5 Å². The quantitative estimate of drug-likeness (QED) is 0.383. The van der Waals surface area contributed by atoms with Crippen molar-refractivity contribution in [1.82, 2.24) is 19.7 Å². The summed E-state index contributed by atoms with van der Waals surface area (Å²) in [5.41, 5.74) is 1.98. The summed E-state index contributed by atoms with van der Waals surface area (Å²) in [7, 11) is -0.973. The number of sulfonamides is 1. The second kappa shape index (κ2) is 11.7.